The molecule has 0 fully saturated rings. The van der Waals surface area contributed by atoms with E-state index in [1.165, 1.54) is 23.9 Å². The molecule has 0 radical (unpaired) electrons. The van der Waals surface area contributed by atoms with Crippen LogP contribution in [-0.2, 0) is 0 Å². The number of rotatable bonds is 2. The molecule has 0 aromatic heterocycles. The molecule has 0 N–H and O–H groups in total. The number of aryl methyl sites for hydroxylation is 1. The van der Waals surface area contributed by atoms with Crippen molar-refractivity contribution in [3.63, 3.8) is 0 Å². The van der Waals surface area contributed by atoms with E-state index in [0.717, 1.165) is 0 Å². The topological polar surface area (TPSA) is 0 Å². The lowest BCUT2D eigenvalue weighted by Gasteiger charge is -2.04. The maximum atomic E-state index is 13.2. The van der Waals surface area contributed by atoms with Crippen molar-refractivity contribution in [3.8, 4) is 0 Å². The highest BCUT2D eigenvalue weighted by Gasteiger charge is 2.10. The van der Waals surface area contributed by atoms with E-state index in [4.69, 9.17) is 0 Å². The molecule has 0 saturated heterocycles. The SMILES string of the molecule is CCSc1c(F)ccc(C)c1F. The van der Waals surface area contributed by atoms with Gasteiger partial charge in [0.15, 0.2) is 0 Å². The Bertz CT molecular complexity index is 284. The van der Waals surface area contributed by atoms with E-state index in [1.807, 2.05) is 6.92 Å². The minimum absolute atomic E-state index is 0.137. The Morgan fingerprint density at radius 2 is 2.00 bits per heavy atom. The Labute approximate surface area is 75.0 Å². The van der Waals surface area contributed by atoms with Gasteiger partial charge in [-0.15, -0.1) is 11.8 Å². The Kier molecular flexibility index (Phi) is 3.09. The first-order valence-electron chi connectivity index (χ1n) is 3.74. The highest BCUT2D eigenvalue weighted by Crippen LogP contribution is 2.26. The number of benzene rings is 1. The molecule has 12 heavy (non-hydrogen) atoms. The van der Waals surface area contributed by atoms with E-state index in [1.54, 1.807) is 6.92 Å². The van der Waals surface area contributed by atoms with Crippen LogP contribution in [0.5, 0.6) is 0 Å². The van der Waals surface area contributed by atoms with E-state index in [9.17, 15) is 8.78 Å². The lowest BCUT2D eigenvalue weighted by molar-refractivity contribution is 0.535. The van der Waals surface area contributed by atoms with Gasteiger partial charge in [-0.2, -0.15) is 0 Å². The Morgan fingerprint density at radius 1 is 1.33 bits per heavy atom. The number of thioether (sulfide) groups is 1. The summed E-state index contributed by atoms with van der Waals surface area (Å²) in [6, 6.07) is 2.75. The average molecular weight is 188 g/mol. The van der Waals surface area contributed by atoms with E-state index in [0.29, 0.717) is 11.3 Å². The Hall–Kier alpha value is -0.570. The molecule has 0 nitrogen and oxygen atoms in total. The van der Waals surface area contributed by atoms with Crippen LogP contribution < -0.4 is 0 Å². The fourth-order valence-corrected chi connectivity index (χ4v) is 1.69. The fourth-order valence-electron chi connectivity index (χ4n) is 0.908. The highest BCUT2D eigenvalue weighted by atomic mass is 32.2. The minimum Gasteiger partial charge on any atom is -0.206 e. The summed E-state index contributed by atoms with van der Waals surface area (Å²) in [5.74, 6) is -0.219. The minimum atomic E-state index is -0.468. The zero-order chi connectivity index (χ0) is 9.14. The molecule has 0 atom stereocenters. The van der Waals surface area contributed by atoms with E-state index >= 15 is 0 Å². The van der Waals surface area contributed by atoms with Crippen LogP contribution in [0, 0.1) is 18.6 Å². The molecular weight excluding hydrogens is 178 g/mol. The molecular formula is C9H10F2S. The number of hydrogen-bond donors (Lipinski definition) is 0. The van der Waals surface area contributed by atoms with Crippen molar-refractivity contribution in [1.29, 1.82) is 0 Å². The molecule has 3 heteroatoms. The first-order chi connectivity index (χ1) is 5.66. The van der Waals surface area contributed by atoms with Gasteiger partial charge in [0.2, 0.25) is 0 Å². The van der Waals surface area contributed by atoms with E-state index in [2.05, 4.69) is 0 Å². The van der Waals surface area contributed by atoms with Crippen molar-refractivity contribution < 1.29 is 8.78 Å². The van der Waals surface area contributed by atoms with Gasteiger partial charge in [0, 0.05) is 0 Å². The lowest BCUT2D eigenvalue weighted by atomic mass is 10.2. The van der Waals surface area contributed by atoms with Gasteiger partial charge >= 0.3 is 0 Å². The zero-order valence-electron chi connectivity index (χ0n) is 7.03. The summed E-state index contributed by atoms with van der Waals surface area (Å²) in [7, 11) is 0. The molecule has 0 heterocycles. The summed E-state index contributed by atoms with van der Waals surface area (Å²) in [5.41, 5.74) is 0.493. The highest BCUT2D eigenvalue weighted by molar-refractivity contribution is 7.99. The Balaban J connectivity index is 3.14. The van der Waals surface area contributed by atoms with Crippen LogP contribution in [0.1, 0.15) is 12.5 Å². The van der Waals surface area contributed by atoms with Gasteiger partial charge < -0.3 is 0 Å². The molecule has 0 spiro atoms. The summed E-state index contributed by atoms with van der Waals surface area (Å²) in [6.07, 6.45) is 0. The molecule has 0 aliphatic carbocycles. The lowest BCUT2D eigenvalue weighted by Crippen LogP contribution is -1.91. The maximum Gasteiger partial charge on any atom is 0.142 e. The van der Waals surface area contributed by atoms with E-state index in [-0.39, 0.29) is 4.90 Å². The summed E-state index contributed by atoms with van der Waals surface area (Å²) in [5, 5.41) is 0. The predicted molar refractivity (Wildman–Crippen MR) is 47.5 cm³/mol. The molecule has 0 amide bonds. The largest absolute Gasteiger partial charge is 0.206 e. The molecule has 66 valence electrons. The van der Waals surface area contributed by atoms with Gasteiger partial charge in [-0.25, -0.2) is 8.78 Å². The van der Waals surface area contributed by atoms with Crippen LogP contribution in [-0.4, -0.2) is 5.75 Å². The van der Waals surface area contributed by atoms with Crippen molar-refractivity contribution >= 4 is 11.8 Å². The predicted octanol–water partition coefficient (Wildman–Crippen LogP) is 3.39. The van der Waals surface area contributed by atoms with Gasteiger partial charge in [-0.05, 0) is 24.3 Å². The van der Waals surface area contributed by atoms with Crippen LogP contribution in [0.4, 0.5) is 8.78 Å². The first kappa shape index (κ1) is 9.52. The number of halogens is 2. The van der Waals surface area contributed by atoms with Gasteiger partial charge in [0.05, 0.1) is 4.90 Å². The van der Waals surface area contributed by atoms with Crippen LogP contribution in [0.2, 0.25) is 0 Å². The summed E-state index contributed by atoms with van der Waals surface area (Å²) < 4.78 is 26.1. The first-order valence-corrected chi connectivity index (χ1v) is 4.72. The fraction of sp³-hybridized carbons (Fsp3) is 0.333. The molecule has 0 saturated carbocycles. The average Bonchev–Trinajstić information content (AvgIpc) is 2.06. The van der Waals surface area contributed by atoms with Crippen molar-refractivity contribution in [1.82, 2.24) is 0 Å². The second kappa shape index (κ2) is 3.90. The summed E-state index contributed by atoms with van der Waals surface area (Å²) >= 11 is 1.19. The molecule has 1 rings (SSSR count). The van der Waals surface area contributed by atoms with Crippen molar-refractivity contribution in [2.24, 2.45) is 0 Å². The van der Waals surface area contributed by atoms with Gasteiger partial charge in [0.1, 0.15) is 11.6 Å². The summed E-state index contributed by atoms with van der Waals surface area (Å²) in [4.78, 5) is 0.137. The molecule has 0 unspecified atom stereocenters. The smallest absolute Gasteiger partial charge is 0.142 e. The molecule has 1 aromatic carbocycles. The quantitative estimate of drug-likeness (QED) is 0.641. The molecule has 1 aromatic rings. The van der Waals surface area contributed by atoms with Gasteiger partial charge in [-0.1, -0.05) is 13.0 Å². The zero-order valence-corrected chi connectivity index (χ0v) is 7.84. The monoisotopic (exact) mass is 188 g/mol. The third kappa shape index (κ3) is 1.78. The van der Waals surface area contributed by atoms with Crippen molar-refractivity contribution in [2.45, 2.75) is 18.7 Å². The van der Waals surface area contributed by atoms with Gasteiger partial charge in [0.25, 0.3) is 0 Å². The van der Waals surface area contributed by atoms with Crippen LogP contribution in [0.25, 0.3) is 0 Å². The summed E-state index contributed by atoms with van der Waals surface area (Å²) in [6.45, 7) is 3.50. The van der Waals surface area contributed by atoms with E-state index < -0.39 is 11.6 Å². The van der Waals surface area contributed by atoms with Crippen LogP contribution in [0.3, 0.4) is 0 Å². The van der Waals surface area contributed by atoms with Crippen molar-refractivity contribution in [3.05, 3.63) is 29.3 Å². The van der Waals surface area contributed by atoms with Crippen LogP contribution >= 0.6 is 11.8 Å². The second-order valence-electron chi connectivity index (χ2n) is 2.44. The maximum absolute atomic E-state index is 13.2. The standard InChI is InChI=1S/C9H10F2S/c1-3-12-9-7(10)5-4-6(2)8(9)11/h4-5H,3H2,1-2H3. The normalized spacial score (nSPS) is 10.3. The van der Waals surface area contributed by atoms with Crippen molar-refractivity contribution in [2.75, 3.05) is 5.75 Å². The molecule has 0 aliphatic heterocycles. The second-order valence-corrected chi connectivity index (χ2v) is 3.71. The van der Waals surface area contributed by atoms with Gasteiger partial charge in [-0.3, -0.25) is 0 Å². The third-order valence-electron chi connectivity index (χ3n) is 1.53. The third-order valence-corrected chi connectivity index (χ3v) is 2.48. The molecule has 0 bridgehead atoms. The number of hydrogen-bond acceptors (Lipinski definition) is 1. The molecule has 0 aliphatic rings. The Morgan fingerprint density at radius 3 is 2.58 bits per heavy atom. The van der Waals surface area contributed by atoms with Crippen LogP contribution in [0.15, 0.2) is 17.0 Å².